The Morgan fingerprint density at radius 3 is 2.94 bits per heavy atom. The van der Waals surface area contributed by atoms with Crippen LogP contribution in [-0.2, 0) is 0 Å². The molecule has 0 saturated carbocycles. The minimum atomic E-state index is -0.0439. The predicted molar refractivity (Wildman–Crippen MR) is 128 cm³/mol. The molecule has 0 atom stereocenters. The first-order valence-electron chi connectivity index (χ1n) is 10.4. The van der Waals surface area contributed by atoms with Crippen LogP contribution in [0.1, 0.15) is 21.8 Å². The number of para-hydroxylation sites is 1. The summed E-state index contributed by atoms with van der Waals surface area (Å²) in [5, 5.41) is 8.33. The van der Waals surface area contributed by atoms with Crippen LogP contribution in [0.15, 0.2) is 60.9 Å². The van der Waals surface area contributed by atoms with Crippen LogP contribution in [0.3, 0.4) is 0 Å². The van der Waals surface area contributed by atoms with E-state index in [1.165, 1.54) is 11.3 Å². The van der Waals surface area contributed by atoms with Gasteiger partial charge in [-0.2, -0.15) is 14.2 Å². The van der Waals surface area contributed by atoms with Gasteiger partial charge in [0.05, 0.1) is 23.8 Å². The van der Waals surface area contributed by atoms with Gasteiger partial charge in [-0.05, 0) is 29.2 Å². The van der Waals surface area contributed by atoms with Gasteiger partial charge in [-0.1, -0.05) is 35.6 Å². The first-order valence-corrected chi connectivity index (χ1v) is 11.2. The van der Waals surface area contributed by atoms with E-state index in [9.17, 15) is 4.79 Å². The molecule has 2 N–H and O–H groups in total. The van der Waals surface area contributed by atoms with E-state index in [-0.39, 0.29) is 5.91 Å². The Kier molecular flexibility index (Phi) is 4.49. The third-order valence-electron chi connectivity index (χ3n) is 5.69. The number of carbonyl (C=O) groups is 1. The van der Waals surface area contributed by atoms with Crippen molar-refractivity contribution in [3.63, 3.8) is 0 Å². The molecule has 0 aliphatic carbocycles. The molecule has 33 heavy (non-hydrogen) atoms. The van der Waals surface area contributed by atoms with Gasteiger partial charge in [0.25, 0.3) is 0 Å². The summed E-state index contributed by atoms with van der Waals surface area (Å²) in [5.74, 6) is 0.455. The SMILES string of the molecule is Nc1cc(C2=CC[N+](C(=O)c3cc#cs3)=CC2)nc2c(-c3cnc4ccccc4c3)cnn12. The van der Waals surface area contributed by atoms with Gasteiger partial charge in [0.15, 0.2) is 23.3 Å². The highest BCUT2D eigenvalue weighted by Gasteiger charge is 2.24. The summed E-state index contributed by atoms with van der Waals surface area (Å²) >= 11 is 1.27. The first kappa shape index (κ1) is 19.3. The summed E-state index contributed by atoms with van der Waals surface area (Å²) in [6, 6.07) is 16.4. The normalized spacial score (nSPS) is 13.6. The van der Waals surface area contributed by atoms with Gasteiger partial charge in [-0.15, -0.1) is 0 Å². The smallest absolute Gasteiger partial charge is 0.384 e. The summed E-state index contributed by atoms with van der Waals surface area (Å²) < 4.78 is 3.34. The molecule has 7 nitrogen and oxygen atoms in total. The third-order valence-corrected chi connectivity index (χ3v) is 6.42. The summed E-state index contributed by atoms with van der Waals surface area (Å²) in [6.07, 6.45) is 8.09. The van der Waals surface area contributed by atoms with E-state index in [2.05, 4.69) is 27.6 Å². The number of allylic oxidation sites excluding steroid dienone is 1. The number of carbonyl (C=O) groups excluding carboxylic acids is 1. The molecule has 0 unspecified atom stereocenters. The molecule has 0 spiro atoms. The molecule has 5 aromatic rings. The zero-order chi connectivity index (χ0) is 22.4. The summed E-state index contributed by atoms with van der Waals surface area (Å²) in [5.41, 5.74) is 11.5. The molecule has 4 aromatic heterocycles. The Hall–Kier alpha value is -4.35. The number of hydrogen-bond acceptors (Lipinski definition) is 6. The maximum Gasteiger partial charge on any atom is 0.430 e. The molecule has 0 saturated heterocycles. The Labute approximate surface area is 193 Å². The Balaban J connectivity index is 1.36. The lowest BCUT2D eigenvalue weighted by atomic mass is 10.1. The van der Waals surface area contributed by atoms with E-state index in [0.717, 1.165) is 33.3 Å². The molecular weight excluding hydrogens is 432 g/mol. The topological polar surface area (TPSA) is 89.2 Å². The lowest BCUT2D eigenvalue weighted by Crippen LogP contribution is -2.24. The third kappa shape index (κ3) is 3.35. The van der Waals surface area contributed by atoms with Crippen LogP contribution >= 0.6 is 11.3 Å². The van der Waals surface area contributed by atoms with Crippen LogP contribution in [0.2, 0.25) is 0 Å². The second-order valence-corrected chi connectivity index (χ2v) is 8.56. The number of nitrogen functional groups attached to an aromatic ring is 1. The monoisotopic (exact) mass is 449 g/mol. The van der Waals surface area contributed by atoms with E-state index >= 15 is 0 Å². The highest BCUT2D eigenvalue weighted by Crippen LogP contribution is 2.29. The van der Waals surface area contributed by atoms with Crippen LogP contribution < -0.4 is 5.73 Å². The molecule has 1 aliphatic rings. The lowest BCUT2D eigenvalue weighted by molar-refractivity contribution is -0.413. The first-order chi connectivity index (χ1) is 16.2. The zero-order valence-corrected chi connectivity index (χ0v) is 18.2. The van der Waals surface area contributed by atoms with Crippen molar-refractivity contribution in [1.29, 1.82) is 0 Å². The number of nitrogens with two attached hydrogens (primary N) is 1. The van der Waals surface area contributed by atoms with Crippen molar-refractivity contribution in [3.8, 4) is 11.1 Å². The van der Waals surface area contributed by atoms with Crippen molar-refractivity contribution in [2.45, 2.75) is 6.42 Å². The van der Waals surface area contributed by atoms with Crippen molar-refractivity contribution >= 4 is 51.4 Å². The molecule has 0 bridgehead atoms. The van der Waals surface area contributed by atoms with Crippen molar-refractivity contribution in [2.24, 2.45) is 0 Å². The quantitative estimate of drug-likeness (QED) is 0.422. The number of nitrogens with zero attached hydrogens (tertiary/aromatic N) is 5. The summed E-state index contributed by atoms with van der Waals surface area (Å²) in [6.45, 7) is 0.472. The lowest BCUT2D eigenvalue weighted by Gasteiger charge is -2.11. The van der Waals surface area contributed by atoms with Gasteiger partial charge in [0.1, 0.15) is 5.82 Å². The van der Waals surface area contributed by atoms with Crippen LogP contribution in [0.5, 0.6) is 0 Å². The number of hydrogen-bond donors (Lipinski definition) is 1. The number of benzene rings is 1. The standard InChI is InChI=1S/C25H17N6OS/c26-23-13-21(16-7-9-30(10-8-16)25(32)22-6-3-11-33-22)29-24-19(15-28-31(23)24)18-12-17-4-1-2-5-20(17)27-14-18/h1-2,4-7,10,12-15H,8-9,26H2/q+1. The molecular formula is C25H17N6OS+. The number of anilines is 1. The molecule has 5 heterocycles. The average molecular weight is 450 g/mol. The predicted octanol–water partition coefficient (Wildman–Crippen LogP) is 3.90. The Morgan fingerprint density at radius 1 is 1.21 bits per heavy atom. The number of aromatic nitrogens is 4. The highest BCUT2D eigenvalue weighted by molar-refractivity contribution is 7.10. The largest absolute Gasteiger partial charge is 0.430 e. The fraction of sp³-hybridized carbons (Fsp3) is 0.0800. The molecule has 6 rings (SSSR count). The van der Waals surface area contributed by atoms with Gasteiger partial charge in [-0.25, -0.2) is 9.78 Å². The van der Waals surface area contributed by atoms with Gasteiger partial charge >= 0.3 is 5.91 Å². The average Bonchev–Trinajstić information content (AvgIpc) is 3.54. The molecule has 0 radical (unpaired) electrons. The van der Waals surface area contributed by atoms with E-state index < -0.39 is 0 Å². The van der Waals surface area contributed by atoms with Crippen LogP contribution in [0.4, 0.5) is 5.82 Å². The zero-order valence-electron chi connectivity index (χ0n) is 17.4. The second kappa shape index (κ2) is 7.65. The fourth-order valence-electron chi connectivity index (χ4n) is 3.98. The van der Waals surface area contributed by atoms with Gasteiger partial charge in [0, 0.05) is 34.8 Å². The molecule has 0 fully saturated rings. The van der Waals surface area contributed by atoms with E-state index in [1.54, 1.807) is 21.4 Å². The molecule has 158 valence electrons. The highest BCUT2D eigenvalue weighted by atomic mass is 32.1. The molecule has 8 heteroatoms. The van der Waals surface area contributed by atoms with Crippen molar-refractivity contribution < 1.29 is 9.37 Å². The minimum Gasteiger partial charge on any atom is -0.384 e. The van der Waals surface area contributed by atoms with E-state index in [1.807, 2.05) is 48.8 Å². The number of rotatable bonds is 3. The Morgan fingerprint density at radius 2 is 2.12 bits per heavy atom. The summed E-state index contributed by atoms with van der Waals surface area (Å²) in [7, 11) is 0. The summed E-state index contributed by atoms with van der Waals surface area (Å²) in [4.78, 5) is 22.7. The van der Waals surface area contributed by atoms with Gasteiger partial charge in [-0.3, -0.25) is 4.98 Å². The maximum absolute atomic E-state index is 12.6. The second-order valence-electron chi connectivity index (χ2n) is 7.71. The number of pyridine rings is 1. The van der Waals surface area contributed by atoms with Crippen LogP contribution in [-0.4, -0.2) is 42.8 Å². The Bertz CT molecular complexity index is 1600. The van der Waals surface area contributed by atoms with E-state index in [4.69, 9.17) is 10.7 Å². The van der Waals surface area contributed by atoms with Crippen molar-refractivity contribution in [2.75, 3.05) is 12.3 Å². The van der Waals surface area contributed by atoms with Crippen LogP contribution in [0.25, 0.3) is 33.3 Å². The van der Waals surface area contributed by atoms with Gasteiger partial charge < -0.3 is 5.73 Å². The van der Waals surface area contributed by atoms with Gasteiger partial charge in [0.2, 0.25) is 0 Å². The van der Waals surface area contributed by atoms with Crippen molar-refractivity contribution in [1.82, 2.24) is 19.6 Å². The molecule has 1 aliphatic heterocycles. The van der Waals surface area contributed by atoms with Crippen LogP contribution in [0, 0.1) is 11.4 Å². The number of amides is 1. The number of fused-ring (bicyclic) bond motifs is 2. The molecule has 1 amide bonds. The van der Waals surface area contributed by atoms with E-state index in [0.29, 0.717) is 29.3 Å². The minimum absolute atomic E-state index is 0.0439. The van der Waals surface area contributed by atoms with Crippen molar-refractivity contribution in [3.05, 3.63) is 83.0 Å². The maximum atomic E-state index is 12.6. The molecule has 1 aromatic carbocycles. The fourth-order valence-corrected chi connectivity index (χ4v) is 4.53.